The van der Waals surface area contributed by atoms with Crippen LogP contribution in [0.25, 0.3) is 10.9 Å². The van der Waals surface area contributed by atoms with Crippen molar-refractivity contribution in [3.05, 3.63) is 39.4 Å². The Morgan fingerprint density at radius 1 is 1.46 bits per heavy atom. The molecule has 0 saturated heterocycles. The molecule has 2 rings (SSSR count). The van der Waals surface area contributed by atoms with Crippen LogP contribution in [-0.2, 0) is 7.05 Å². The fourth-order valence-electron chi connectivity index (χ4n) is 1.21. The van der Waals surface area contributed by atoms with E-state index >= 15 is 0 Å². The van der Waals surface area contributed by atoms with Crippen molar-refractivity contribution in [3.8, 4) is 0 Å². The predicted octanol–water partition coefficient (Wildman–Crippen LogP) is 1.70. The van der Waals surface area contributed by atoms with Gasteiger partial charge in [-0.2, -0.15) is 0 Å². The van der Waals surface area contributed by atoms with Gasteiger partial charge < -0.3 is 4.57 Å². The number of aromatic nitrogens is 2. The van der Waals surface area contributed by atoms with E-state index in [-0.39, 0.29) is 5.56 Å². The zero-order valence-electron chi connectivity index (χ0n) is 6.99. The molecule has 0 aliphatic carbocycles. The van der Waals surface area contributed by atoms with Crippen molar-refractivity contribution in [3.63, 3.8) is 0 Å². The lowest BCUT2D eigenvalue weighted by atomic mass is 10.2. The molecule has 3 nitrogen and oxygen atoms in total. The fourth-order valence-corrected chi connectivity index (χ4v) is 1.67. The van der Waals surface area contributed by atoms with E-state index in [2.05, 4.69) is 20.9 Å². The number of nitrogens with zero attached hydrogens (tertiary/aromatic N) is 2. The third-order valence-corrected chi connectivity index (χ3v) is 2.54. The second kappa shape index (κ2) is 2.96. The monoisotopic (exact) mass is 238 g/mol. The van der Waals surface area contributed by atoms with Crippen LogP contribution >= 0.6 is 15.9 Å². The largest absolute Gasteiger partial charge is 0.302 e. The maximum Gasteiger partial charge on any atom is 0.260 e. The highest BCUT2D eigenvalue weighted by Gasteiger charge is 2.03. The normalized spacial score (nSPS) is 10.6. The predicted molar refractivity (Wildman–Crippen MR) is 54.7 cm³/mol. The minimum atomic E-state index is -0.0219. The summed E-state index contributed by atoms with van der Waals surface area (Å²) in [6.45, 7) is 0. The number of aryl methyl sites for hydroxylation is 1. The number of fused-ring (bicyclic) bond motifs is 1. The van der Waals surface area contributed by atoms with E-state index in [1.807, 2.05) is 12.1 Å². The van der Waals surface area contributed by atoms with Gasteiger partial charge in [-0.1, -0.05) is 6.07 Å². The molecule has 0 aliphatic rings. The highest BCUT2D eigenvalue weighted by atomic mass is 79.9. The van der Waals surface area contributed by atoms with Gasteiger partial charge in [-0.05, 0) is 28.1 Å². The molecular formula is C9H7BrN2O. The minimum Gasteiger partial charge on any atom is -0.302 e. The first-order valence-electron chi connectivity index (χ1n) is 3.80. The van der Waals surface area contributed by atoms with Crippen molar-refractivity contribution < 1.29 is 0 Å². The van der Waals surface area contributed by atoms with Crippen molar-refractivity contribution in [1.29, 1.82) is 0 Å². The average Bonchev–Trinajstić information content (AvgIpc) is 2.12. The lowest BCUT2D eigenvalue weighted by Gasteiger charge is -2.00. The topological polar surface area (TPSA) is 34.9 Å². The van der Waals surface area contributed by atoms with Gasteiger partial charge in [0.15, 0.2) is 0 Å². The summed E-state index contributed by atoms with van der Waals surface area (Å²) in [6.07, 6.45) is 1.52. The van der Waals surface area contributed by atoms with E-state index in [4.69, 9.17) is 0 Å². The first-order valence-corrected chi connectivity index (χ1v) is 4.59. The Bertz CT molecular complexity index is 518. The Balaban J connectivity index is 3.03. The maximum atomic E-state index is 11.6. The van der Waals surface area contributed by atoms with Crippen LogP contribution < -0.4 is 5.56 Å². The first-order chi connectivity index (χ1) is 6.20. The second-order valence-electron chi connectivity index (χ2n) is 2.80. The van der Waals surface area contributed by atoms with Crippen LogP contribution in [0.2, 0.25) is 0 Å². The van der Waals surface area contributed by atoms with Gasteiger partial charge in [0.1, 0.15) is 0 Å². The molecule has 0 bridgehead atoms. The molecule has 2 aromatic rings. The molecule has 0 spiro atoms. The molecule has 1 aromatic carbocycles. The van der Waals surface area contributed by atoms with Crippen molar-refractivity contribution in [2.45, 2.75) is 0 Å². The molecule has 1 aromatic heterocycles. The fraction of sp³-hybridized carbons (Fsp3) is 0.111. The van der Waals surface area contributed by atoms with Crippen LogP contribution in [0.4, 0.5) is 0 Å². The Morgan fingerprint density at radius 2 is 2.23 bits per heavy atom. The van der Waals surface area contributed by atoms with E-state index in [1.54, 1.807) is 13.1 Å². The average molecular weight is 239 g/mol. The zero-order valence-corrected chi connectivity index (χ0v) is 8.58. The quantitative estimate of drug-likeness (QED) is 0.701. The van der Waals surface area contributed by atoms with Gasteiger partial charge in [0.05, 0.1) is 17.2 Å². The Labute approximate surface area is 83.2 Å². The Hall–Kier alpha value is -1.16. The van der Waals surface area contributed by atoms with Crippen LogP contribution in [0.3, 0.4) is 0 Å². The van der Waals surface area contributed by atoms with Crippen LogP contribution in [0.5, 0.6) is 0 Å². The number of rotatable bonds is 0. The number of hydrogen-bond acceptors (Lipinski definition) is 2. The van der Waals surface area contributed by atoms with Crippen LogP contribution in [0.15, 0.2) is 33.8 Å². The molecule has 0 saturated carbocycles. The number of para-hydroxylation sites is 1. The summed E-state index contributed by atoms with van der Waals surface area (Å²) in [4.78, 5) is 15.7. The zero-order chi connectivity index (χ0) is 9.42. The molecule has 0 aliphatic heterocycles. The second-order valence-corrected chi connectivity index (χ2v) is 3.65. The summed E-state index contributed by atoms with van der Waals surface area (Å²) >= 11 is 3.34. The van der Waals surface area contributed by atoms with E-state index in [0.717, 1.165) is 4.47 Å². The smallest absolute Gasteiger partial charge is 0.260 e. The molecule has 4 heteroatoms. The third-order valence-electron chi connectivity index (χ3n) is 1.90. The van der Waals surface area contributed by atoms with Crippen LogP contribution in [-0.4, -0.2) is 9.55 Å². The van der Waals surface area contributed by atoms with E-state index in [1.165, 1.54) is 10.9 Å². The molecular weight excluding hydrogens is 232 g/mol. The molecule has 13 heavy (non-hydrogen) atoms. The summed E-state index contributed by atoms with van der Waals surface area (Å²) in [6, 6.07) is 5.47. The summed E-state index contributed by atoms with van der Waals surface area (Å²) in [5, 5.41) is 0.638. The maximum absolute atomic E-state index is 11.6. The van der Waals surface area contributed by atoms with Crippen molar-refractivity contribution in [2.75, 3.05) is 0 Å². The van der Waals surface area contributed by atoms with Gasteiger partial charge in [0.25, 0.3) is 5.56 Å². The molecule has 0 radical (unpaired) electrons. The molecule has 0 unspecified atom stereocenters. The Morgan fingerprint density at radius 3 is 3.00 bits per heavy atom. The lowest BCUT2D eigenvalue weighted by molar-refractivity contribution is 0.842. The molecule has 0 N–H and O–H groups in total. The van der Waals surface area contributed by atoms with Gasteiger partial charge in [0.2, 0.25) is 0 Å². The van der Waals surface area contributed by atoms with Gasteiger partial charge in [-0.3, -0.25) is 4.79 Å². The van der Waals surface area contributed by atoms with Crippen molar-refractivity contribution in [1.82, 2.24) is 9.55 Å². The third kappa shape index (κ3) is 1.27. The first kappa shape index (κ1) is 8.44. The number of halogens is 1. The van der Waals surface area contributed by atoms with Crippen molar-refractivity contribution in [2.24, 2.45) is 7.05 Å². The number of benzene rings is 1. The lowest BCUT2D eigenvalue weighted by Crippen LogP contribution is -2.16. The minimum absolute atomic E-state index is 0.0219. The highest BCUT2D eigenvalue weighted by molar-refractivity contribution is 9.10. The van der Waals surface area contributed by atoms with Crippen molar-refractivity contribution >= 4 is 26.8 Å². The Kier molecular flexibility index (Phi) is 1.92. The summed E-state index contributed by atoms with van der Waals surface area (Å²) < 4.78 is 2.32. The SMILES string of the molecule is Cn1cnc2c(Br)cccc2c1=O. The molecule has 0 atom stereocenters. The molecule has 1 heterocycles. The summed E-state index contributed by atoms with van der Waals surface area (Å²) in [5.74, 6) is 0. The van der Waals surface area contributed by atoms with Gasteiger partial charge >= 0.3 is 0 Å². The van der Waals surface area contributed by atoms with Gasteiger partial charge in [-0.25, -0.2) is 4.98 Å². The van der Waals surface area contributed by atoms with Gasteiger partial charge in [0, 0.05) is 11.5 Å². The van der Waals surface area contributed by atoms with E-state index < -0.39 is 0 Å². The summed E-state index contributed by atoms with van der Waals surface area (Å²) in [5.41, 5.74) is 0.692. The van der Waals surface area contributed by atoms with Crippen LogP contribution in [0.1, 0.15) is 0 Å². The summed E-state index contributed by atoms with van der Waals surface area (Å²) in [7, 11) is 1.69. The number of hydrogen-bond donors (Lipinski definition) is 0. The highest BCUT2D eigenvalue weighted by Crippen LogP contribution is 2.18. The van der Waals surface area contributed by atoms with Gasteiger partial charge in [-0.15, -0.1) is 0 Å². The van der Waals surface area contributed by atoms with E-state index in [9.17, 15) is 4.79 Å². The van der Waals surface area contributed by atoms with Crippen LogP contribution in [0, 0.1) is 0 Å². The standard InChI is InChI=1S/C9H7BrN2O/c1-12-5-11-8-6(9(12)13)3-2-4-7(8)10/h2-5H,1H3. The van der Waals surface area contributed by atoms with E-state index in [0.29, 0.717) is 10.9 Å². The molecule has 66 valence electrons. The molecule has 0 amide bonds. The molecule has 0 fully saturated rings.